The second-order valence-corrected chi connectivity index (χ2v) is 8.10. The number of benzene rings is 2. The zero-order valence-corrected chi connectivity index (χ0v) is 17.0. The molecule has 4 rings (SSSR count). The van der Waals surface area contributed by atoms with Gasteiger partial charge in [-0.25, -0.2) is 0 Å². The van der Waals surface area contributed by atoms with E-state index in [9.17, 15) is 9.59 Å². The smallest absolute Gasteiger partial charge is 0.222 e. The number of nitrogens with zero attached hydrogens (tertiary/aromatic N) is 1. The van der Waals surface area contributed by atoms with E-state index in [4.69, 9.17) is 21.1 Å². The quantitative estimate of drug-likeness (QED) is 0.676. The number of carbonyl (C=O) groups excluding carboxylic acids is 2. The predicted molar refractivity (Wildman–Crippen MR) is 111 cm³/mol. The number of Topliss-reactive ketones (excluding diaryl/α,β-unsaturated/α-hetero) is 1. The number of likely N-dealkylation sites (tertiary alicyclic amines) is 1. The minimum Gasteiger partial charge on any atom is -0.494 e. The fourth-order valence-electron chi connectivity index (χ4n) is 3.99. The van der Waals surface area contributed by atoms with Crippen molar-refractivity contribution >= 4 is 23.3 Å². The van der Waals surface area contributed by atoms with Gasteiger partial charge in [0.1, 0.15) is 17.1 Å². The van der Waals surface area contributed by atoms with E-state index < -0.39 is 5.60 Å². The lowest BCUT2D eigenvalue weighted by Crippen LogP contribution is -2.52. The van der Waals surface area contributed by atoms with Gasteiger partial charge in [-0.2, -0.15) is 0 Å². The van der Waals surface area contributed by atoms with Gasteiger partial charge < -0.3 is 14.4 Å². The van der Waals surface area contributed by atoms with Crippen molar-refractivity contribution in [3.8, 4) is 11.5 Å². The van der Waals surface area contributed by atoms with E-state index in [1.54, 1.807) is 12.1 Å². The Balaban J connectivity index is 1.24. The highest BCUT2D eigenvalue weighted by atomic mass is 35.5. The van der Waals surface area contributed by atoms with Gasteiger partial charge in [-0.3, -0.25) is 9.59 Å². The number of para-hydroxylation sites is 1. The molecular weight excluding hydrogens is 390 g/mol. The second kappa shape index (κ2) is 8.46. The Hall–Kier alpha value is -2.53. The lowest BCUT2D eigenvalue weighted by Gasteiger charge is -2.44. The molecule has 0 saturated carbocycles. The maximum atomic E-state index is 12.5. The minimum absolute atomic E-state index is 0.127. The number of piperidine rings is 1. The first-order valence-corrected chi connectivity index (χ1v) is 10.4. The van der Waals surface area contributed by atoms with E-state index >= 15 is 0 Å². The van der Waals surface area contributed by atoms with Crippen LogP contribution in [0.1, 0.15) is 42.5 Å². The third-order valence-corrected chi connectivity index (χ3v) is 5.89. The molecule has 1 saturated heterocycles. The molecule has 0 atom stereocenters. The standard InChI is InChI=1S/C23H24ClNO4/c24-17-7-9-18(10-8-17)28-15-3-6-22(27)25-13-11-23(12-14-25)16-20(26)19-4-1-2-5-21(19)29-23/h1-2,4-5,7-10H,3,6,11-16H2. The summed E-state index contributed by atoms with van der Waals surface area (Å²) in [5.74, 6) is 1.68. The maximum absolute atomic E-state index is 12.5. The van der Waals surface area contributed by atoms with Gasteiger partial charge in [0.2, 0.25) is 5.91 Å². The number of hydrogen-bond donors (Lipinski definition) is 0. The van der Waals surface area contributed by atoms with E-state index in [2.05, 4.69) is 0 Å². The van der Waals surface area contributed by atoms with Crippen LogP contribution in [0.3, 0.4) is 0 Å². The molecule has 1 spiro atoms. The number of ether oxygens (including phenoxy) is 2. The highest BCUT2D eigenvalue weighted by Gasteiger charge is 2.43. The maximum Gasteiger partial charge on any atom is 0.222 e. The molecule has 0 radical (unpaired) electrons. The number of amides is 1. The second-order valence-electron chi connectivity index (χ2n) is 7.67. The molecule has 152 valence electrons. The Morgan fingerprint density at radius 1 is 1.10 bits per heavy atom. The fraction of sp³-hybridized carbons (Fsp3) is 0.391. The van der Waals surface area contributed by atoms with Crippen LogP contribution in [-0.2, 0) is 4.79 Å². The van der Waals surface area contributed by atoms with Crippen LogP contribution in [0.2, 0.25) is 5.02 Å². The summed E-state index contributed by atoms with van der Waals surface area (Å²) in [5.41, 5.74) is 0.192. The summed E-state index contributed by atoms with van der Waals surface area (Å²) < 4.78 is 11.9. The molecule has 5 nitrogen and oxygen atoms in total. The molecule has 1 amide bonds. The van der Waals surface area contributed by atoms with E-state index in [1.807, 2.05) is 41.3 Å². The molecule has 0 unspecified atom stereocenters. The summed E-state index contributed by atoms with van der Waals surface area (Å²) in [5, 5.41) is 0.669. The van der Waals surface area contributed by atoms with E-state index in [0.29, 0.717) is 68.1 Å². The molecule has 2 aromatic carbocycles. The monoisotopic (exact) mass is 413 g/mol. The topological polar surface area (TPSA) is 55.8 Å². The van der Waals surface area contributed by atoms with Gasteiger partial charge >= 0.3 is 0 Å². The van der Waals surface area contributed by atoms with Crippen LogP contribution in [0.5, 0.6) is 11.5 Å². The van der Waals surface area contributed by atoms with E-state index in [-0.39, 0.29) is 11.7 Å². The van der Waals surface area contributed by atoms with Crippen molar-refractivity contribution in [3.05, 3.63) is 59.1 Å². The Labute approximate surface area is 175 Å². The van der Waals surface area contributed by atoms with E-state index in [0.717, 1.165) is 5.75 Å². The van der Waals surface area contributed by atoms with Gasteiger partial charge in [-0.05, 0) is 42.8 Å². The molecule has 0 aliphatic carbocycles. The molecule has 0 bridgehead atoms. The average Bonchev–Trinajstić information content (AvgIpc) is 2.73. The lowest BCUT2D eigenvalue weighted by atomic mass is 9.82. The Morgan fingerprint density at radius 2 is 1.83 bits per heavy atom. The molecular formula is C23H24ClNO4. The average molecular weight is 414 g/mol. The van der Waals surface area contributed by atoms with Crippen LogP contribution in [0, 0.1) is 0 Å². The van der Waals surface area contributed by atoms with Gasteiger partial charge in [0.15, 0.2) is 5.78 Å². The molecule has 2 aliphatic rings. The Morgan fingerprint density at radius 3 is 2.59 bits per heavy atom. The first-order valence-electron chi connectivity index (χ1n) is 10.0. The van der Waals surface area contributed by atoms with Gasteiger partial charge in [-0.15, -0.1) is 0 Å². The molecule has 2 aromatic rings. The van der Waals surface area contributed by atoms with Crippen molar-refractivity contribution in [2.45, 2.75) is 37.7 Å². The largest absolute Gasteiger partial charge is 0.494 e. The van der Waals surface area contributed by atoms with Crippen molar-refractivity contribution in [2.75, 3.05) is 19.7 Å². The number of halogens is 1. The van der Waals surface area contributed by atoms with E-state index in [1.165, 1.54) is 0 Å². The fourth-order valence-corrected chi connectivity index (χ4v) is 4.11. The third-order valence-electron chi connectivity index (χ3n) is 5.64. The number of carbonyl (C=O) groups is 2. The van der Waals surface area contributed by atoms with Crippen LogP contribution in [0.4, 0.5) is 0 Å². The lowest BCUT2D eigenvalue weighted by molar-refractivity contribution is -0.135. The SMILES string of the molecule is O=C1CC2(CCN(C(=O)CCCOc3ccc(Cl)cc3)CC2)Oc2ccccc21. The minimum atomic E-state index is -0.472. The van der Waals surface area contributed by atoms with Crippen molar-refractivity contribution in [2.24, 2.45) is 0 Å². The summed E-state index contributed by atoms with van der Waals surface area (Å²) in [7, 11) is 0. The number of rotatable bonds is 5. The van der Waals surface area contributed by atoms with Crippen molar-refractivity contribution in [3.63, 3.8) is 0 Å². The highest BCUT2D eigenvalue weighted by molar-refractivity contribution is 6.30. The van der Waals surface area contributed by atoms with Crippen molar-refractivity contribution < 1.29 is 19.1 Å². The zero-order chi connectivity index (χ0) is 20.3. The van der Waals surface area contributed by atoms with Crippen LogP contribution in [0.25, 0.3) is 0 Å². The summed E-state index contributed by atoms with van der Waals surface area (Å²) in [6.45, 7) is 1.72. The van der Waals surface area contributed by atoms with Crippen LogP contribution >= 0.6 is 11.6 Å². The van der Waals surface area contributed by atoms with Gasteiger partial charge in [-0.1, -0.05) is 23.7 Å². The Kier molecular flexibility index (Phi) is 5.76. The Bertz CT molecular complexity index is 888. The molecule has 29 heavy (non-hydrogen) atoms. The normalized spacial score (nSPS) is 17.6. The zero-order valence-electron chi connectivity index (χ0n) is 16.2. The van der Waals surface area contributed by atoms with Gasteiger partial charge in [0.25, 0.3) is 0 Å². The summed E-state index contributed by atoms with van der Waals surface area (Å²) in [6.07, 6.45) is 2.86. The molecule has 2 heterocycles. The first-order chi connectivity index (χ1) is 14.0. The predicted octanol–water partition coefficient (Wildman–Crippen LogP) is 4.53. The number of ketones is 1. The van der Waals surface area contributed by atoms with Crippen molar-refractivity contribution in [1.29, 1.82) is 0 Å². The highest BCUT2D eigenvalue weighted by Crippen LogP contribution is 2.39. The molecule has 0 N–H and O–H groups in total. The van der Waals surface area contributed by atoms with Crippen molar-refractivity contribution in [1.82, 2.24) is 4.90 Å². The number of fused-ring (bicyclic) bond motifs is 1. The van der Waals surface area contributed by atoms with Gasteiger partial charge in [0, 0.05) is 37.4 Å². The van der Waals surface area contributed by atoms with Crippen LogP contribution < -0.4 is 9.47 Å². The summed E-state index contributed by atoms with van der Waals surface area (Å²) in [6, 6.07) is 14.6. The third kappa shape index (κ3) is 4.56. The first kappa shape index (κ1) is 19.8. The molecule has 1 fully saturated rings. The van der Waals surface area contributed by atoms with Gasteiger partial charge in [0.05, 0.1) is 18.6 Å². The summed E-state index contributed by atoms with van der Waals surface area (Å²) >= 11 is 5.85. The molecule has 0 aromatic heterocycles. The van der Waals surface area contributed by atoms with Crippen LogP contribution in [-0.4, -0.2) is 41.9 Å². The summed E-state index contributed by atoms with van der Waals surface area (Å²) in [4.78, 5) is 26.9. The van der Waals surface area contributed by atoms with Crippen LogP contribution in [0.15, 0.2) is 48.5 Å². The molecule has 2 aliphatic heterocycles. The molecule has 6 heteroatoms. The number of hydrogen-bond acceptors (Lipinski definition) is 4.